The summed E-state index contributed by atoms with van der Waals surface area (Å²) in [5, 5.41) is 9.17. The number of aromatic amines is 1. The zero-order valence-corrected chi connectivity index (χ0v) is 13.0. The van der Waals surface area contributed by atoms with Crippen LogP contribution in [-0.4, -0.2) is 29.8 Å². The van der Waals surface area contributed by atoms with Gasteiger partial charge in [-0.25, -0.2) is 5.10 Å². The lowest BCUT2D eigenvalue weighted by Gasteiger charge is -2.10. The second-order valence-corrected chi connectivity index (χ2v) is 5.13. The van der Waals surface area contributed by atoms with Crippen LogP contribution in [0.25, 0.3) is 0 Å². The highest BCUT2D eigenvalue weighted by Gasteiger charge is 2.09. The smallest absolute Gasteiger partial charge is 0.271 e. The maximum Gasteiger partial charge on any atom is 0.271 e. The van der Waals surface area contributed by atoms with Gasteiger partial charge in [-0.1, -0.05) is 11.6 Å². The van der Waals surface area contributed by atoms with Crippen LogP contribution >= 0.6 is 11.6 Å². The molecule has 0 saturated carbocycles. The lowest BCUT2D eigenvalue weighted by molar-refractivity contribution is 0.0948. The number of rotatable bonds is 5. The molecule has 0 aliphatic heterocycles. The van der Waals surface area contributed by atoms with Gasteiger partial charge in [-0.3, -0.25) is 9.59 Å². The summed E-state index contributed by atoms with van der Waals surface area (Å²) < 4.78 is 5.15. The lowest BCUT2D eigenvalue weighted by atomic mass is 10.1. The monoisotopic (exact) mass is 321 g/mol. The molecule has 2 rings (SSSR count). The molecule has 1 aromatic heterocycles. The zero-order valence-electron chi connectivity index (χ0n) is 12.3. The summed E-state index contributed by atoms with van der Waals surface area (Å²) in [6, 6.07) is 6.34. The number of methoxy groups -OCH3 is 1. The van der Waals surface area contributed by atoms with Crippen LogP contribution in [0.3, 0.4) is 0 Å². The van der Waals surface area contributed by atoms with Gasteiger partial charge in [-0.05, 0) is 42.7 Å². The highest BCUT2D eigenvalue weighted by Crippen LogP contribution is 2.27. The van der Waals surface area contributed by atoms with Crippen molar-refractivity contribution < 1.29 is 9.53 Å². The summed E-state index contributed by atoms with van der Waals surface area (Å²) >= 11 is 6.10. The first-order valence-electron chi connectivity index (χ1n) is 6.68. The number of nitrogens with zero attached hydrogens (tertiary/aromatic N) is 1. The second-order valence-electron chi connectivity index (χ2n) is 4.73. The van der Waals surface area contributed by atoms with Gasteiger partial charge in [0.05, 0.1) is 12.1 Å². The topological polar surface area (TPSA) is 84.1 Å². The number of aryl methyl sites for hydroxylation is 1. The number of benzene rings is 1. The van der Waals surface area contributed by atoms with Crippen LogP contribution in [0, 0.1) is 6.92 Å². The quantitative estimate of drug-likeness (QED) is 0.878. The van der Waals surface area contributed by atoms with Crippen molar-refractivity contribution >= 4 is 17.5 Å². The van der Waals surface area contributed by atoms with Crippen LogP contribution in [0.2, 0.25) is 5.02 Å². The van der Waals surface area contributed by atoms with Gasteiger partial charge in [0.15, 0.2) is 0 Å². The molecular formula is C15H16ClN3O3. The third-order valence-electron chi connectivity index (χ3n) is 3.20. The first-order chi connectivity index (χ1) is 10.5. The minimum absolute atomic E-state index is 0.170. The molecule has 2 aromatic rings. The molecular weight excluding hydrogens is 306 g/mol. The fourth-order valence-electron chi connectivity index (χ4n) is 1.99. The van der Waals surface area contributed by atoms with Crippen molar-refractivity contribution in [3.63, 3.8) is 0 Å². The normalized spacial score (nSPS) is 10.3. The molecule has 0 aliphatic rings. The number of H-pyrrole nitrogens is 1. The Morgan fingerprint density at radius 1 is 1.41 bits per heavy atom. The number of carbonyl (C=O) groups excluding carboxylic acids is 1. The molecule has 0 fully saturated rings. The number of carbonyl (C=O) groups is 1. The Labute approximate surface area is 132 Å². The first kappa shape index (κ1) is 16.0. The van der Waals surface area contributed by atoms with Crippen molar-refractivity contribution in [1.29, 1.82) is 0 Å². The Balaban J connectivity index is 1.96. The number of amides is 1. The van der Waals surface area contributed by atoms with Crippen LogP contribution in [-0.2, 0) is 6.42 Å². The number of hydrogen-bond acceptors (Lipinski definition) is 4. The molecule has 116 valence electrons. The van der Waals surface area contributed by atoms with E-state index in [0.29, 0.717) is 23.7 Å². The molecule has 0 radical (unpaired) electrons. The average Bonchev–Trinajstić information content (AvgIpc) is 2.50. The van der Waals surface area contributed by atoms with E-state index in [2.05, 4.69) is 15.5 Å². The molecule has 0 bridgehead atoms. The van der Waals surface area contributed by atoms with Crippen molar-refractivity contribution in [2.24, 2.45) is 0 Å². The summed E-state index contributed by atoms with van der Waals surface area (Å²) in [4.78, 5) is 22.7. The molecule has 22 heavy (non-hydrogen) atoms. The Morgan fingerprint density at radius 2 is 2.18 bits per heavy atom. The van der Waals surface area contributed by atoms with Crippen molar-refractivity contribution in [1.82, 2.24) is 15.5 Å². The van der Waals surface area contributed by atoms with E-state index < -0.39 is 0 Å². The predicted octanol–water partition coefficient (Wildman–Crippen LogP) is 1.71. The number of ether oxygens (including phenoxy) is 1. The SMILES string of the molecule is COc1cc(C)c(CCNC(=O)c2ccc(=O)[nH]n2)cc1Cl. The fraction of sp³-hybridized carbons (Fsp3) is 0.267. The Kier molecular flexibility index (Phi) is 5.16. The maximum atomic E-state index is 11.9. The molecule has 2 N–H and O–H groups in total. The van der Waals surface area contributed by atoms with E-state index in [-0.39, 0.29) is 17.2 Å². The predicted molar refractivity (Wildman–Crippen MR) is 83.6 cm³/mol. The summed E-state index contributed by atoms with van der Waals surface area (Å²) in [6.45, 7) is 2.39. The summed E-state index contributed by atoms with van der Waals surface area (Å²) in [6.07, 6.45) is 0.630. The molecule has 6 nitrogen and oxygen atoms in total. The van der Waals surface area contributed by atoms with Crippen LogP contribution in [0.1, 0.15) is 21.6 Å². The van der Waals surface area contributed by atoms with E-state index in [1.807, 2.05) is 19.1 Å². The molecule has 0 aliphatic carbocycles. The van der Waals surface area contributed by atoms with Crippen LogP contribution in [0.15, 0.2) is 29.1 Å². The number of halogens is 1. The highest BCUT2D eigenvalue weighted by atomic mass is 35.5. The average molecular weight is 322 g/mol. The van der Waals surface area contributed by atoms with Crippen molar-refractivity contribution in [2.75, 3.05) is 13.7 Å². The maximum absolute atomic E-state index is 11.9. The Hall–Kier alpha value is -2.34. The minimum Gasteiger partial charge on any atom is -0.495 e. The number of hydrogen-bond donors (Lipinski definition) is 2. The Bertz CT molecular complexity index is 723. The van der Waals surface area contributed by atoms with E-state index in [0.717, 1.165) is 11.1 Å². The third kappa shape index (κ3) is 3.85. The van der Waals surface area contributed by atoms with Gasteiger partial charge in [0, 0.05) is 12.6 Å². The van der Waals surface area contributed by atoms with E-state index in [9.17, 15) is 9.59 Å². The Morgan fingerprint density at radius 3 is 2.82 bits per heavy atom. The molecule has 0 saturated heterocycles. The van der Waals surface area contributed by atoms with E-state index in [1.165, 1.54) is 12.1 Å². The molecule has 0 atom stereocenters. The minimum atomic E-state index is -0.347. The standard InChI is InChI=1S/C15H16ClN3O3/c1-9-7-13(22-2)11(16)8-10(9)5-6-17-15(21)12-3-4-14(20)19-18-12/h3-4,7-8H,5-6H2,1-2H3,(H,17,21)(H,19,20). The summed E-state index contributed by atoms with van der Waals surface area (Å²) in [5.74, 6) is 0.290. The van der Waals surface area contributed by atoms with Crippen LogP contribution in [0.4, 0.5) is 0 Å². The van der Waals surface area contributed by atoms with Gasteiger partial charge < -0.3 is 10.1 Å². The summed E-state index contributed by atoms with van der Waals surface area (Å²) in [5.41, 5.74) is 1.89. The molecule has 1 amide bonds. The van der Waals surface area contributed by atoms with E-state index in [1.54, 1.807) is 7.11 Å². The van der Waals surface area contributed by atoms with Crippen molar-refractivity contribution in [3.05, 3.63) is 56.5 Å². The molecule has 0 unspecified atom stereocenters. The number of aromatic nitrogens is 2. The molecule has 7 heteroatoms. The van der Waals surface area contributed by atoms with Crippen molar-refractivity contribution in [2.45, 2.75) is 13.3 Å². The zero-order chi connectivity index (χ0) is 16.1. The van der Waals surface area contributed by atoms with Crippen molar-refractivity contribution in [3.8, 4) is 5.75 Å². The first-order valence-corrected chi connectivity index (χ1v) is 7.06. The second kappa shape index (κ2) is 7.09. The van der Waals surface area contributed by atoms with E-state index >= 15 is 0 Å². The highest BCUT2D eigenvalue weighted by molar-refractivity contribution is 6.32. The van der Waals surface area contributed by atoms with Gasteiger partial charge in [-0.15, -0.1) is 0 Å². The molecule has 1 aromatic carbocycles. The van der Waals surface area contributed by atoms with E-state index in [4.69, 9.17) is 16.3 Å². The lowest BCUT2D eigenvalue weighted by Crippen LogP contribution is -2.27. The van der Waals surface area contributed by atoms with Gasteiger partial charge in [-0.2, -0.15) is 5.10 Å². The van der Waals surface area contributed by atoms with Gasteiger partial charge in [0.1, 0.15) is 11.4 Å². The molecule has 1 heterocycles. The van der Waals surface area contributed by atoms with Gasteiger partial charge in [0.2, 0.25) is 0 Å². The summed E-state index contributed by atoms with van der Waals surface area (Å²) in [7, 11) is 1.57. The van der Waals surface area contributed by atoms with Crippen LogP contribution in [0.5, 0.6) is 5.75 Å². The van der Waals surface area contributed by atoms with Gasteiger partial charge in [0.25, 0.3) is 11.5 Å². The van der Waals surface area contributed by atoms with Crippen LogP contribution < -0.4 is 15.6 Å². The van der Waals surface area contributed by atoms with Gasteiger partial charge >= 0.3 is 0 Å². The fourth-order valence-corrected chi connectivity index (χ4v) is 2.26. The molecule has 0 spiro atoms. The third-order valence-corrected chi connectivity index (χ3v) is 3.50. The number of nitrogens with one attached hydrogen (secondary N) is 2. The largest absolute Gasteiger partial charge is 0.495 e.